The fraction of sp³-hybridized carbons (Fsp3) is 0.300. The molecule has 0 aliphatic heterocycles. The van der Waals surface area contributed by atoms with Crippen molar-refractivity contribution < 1.29 is 27.8 Å². The molecule has 0 aliphatic rings. The fourth-order valence-electron chi connectivity index (χ4n) is 1.30. The highest BCUT2D eigenvalue weighted by Gasteiger charge is 2.27. The smallest absolute Gasteiger partial charge is 0.341 e. The van der Waals surface area contributed by atoms with Gasteiger partial charge in [0.15, 0.2) is 11.6 Å². The van der Waals surface area contributed by atoms with Crippen LogP contribution in [0.3, 0.4) is 0 Å². The molecule has 0 spiro atoms. The molecule has 6 heteroatoms. The molecular weight excluding hydrogens is 225 g/mol. The Kier molecular flexibility index (Phi) is 3.54. The van der Waals surface area contributed by atoms with Crippen molar-refractivity contribution in [1.29, 1.82) is 0 Å². The van der Waals surface area contributed by atoms with Crippen LogP contribution in [0.15, 0.2) is 0 Å². The van der Waals surface area contributed by atoms with E-state index in [1.54, 1.807) is 0 Å². The summed E-state index contributed by atoms with van der Waals surface area (Å²) in [7, 11) is 0.943. The Morgan fingerprint density at radius 2 is 1.81 bits per heavy atom. The van der Waals surface area contributed by atoms with E-state index in [0.717, 1.165) is 14.0 Å². The number of hydrogen-bond donors (Lipinski definition) is 1. The minimum Gasteiger partial charge on any atom is -0.465 e. The first-order valence-electron chi connectivity index (χ1n) is 4.30. The van der Waals surface area contributed by atoms with Crippen molar-refractivity contribution in [2.24, 2.45) is 0 Å². The summed E-state index contributed by atoms with van der Waals surface area (Å²) < 4.78 is 44.1. The van der Waals surface area contributed by atoms with Crippen molar-refractivity contribution in [3.05, 3.63) is 34.1 Å². The second-order valence-electron chi connectivity index (χ2n) is 3.07. The number of benzene rings is 1. The van der Waals surface area contributed by atoms with Gasteiger partial charge < -0.3 is 9.84 Å². The molecular formula is C10H9F3O3. The topological polar surface area (TPSA) is 46.5 Å². The average Bonchev–Trinajstić information content (AvgIpc) is 2.29. The molecule has 16 heavy (non-hydrogen) atoms. The van der Waals surface area contributed by atoms with Gasteiger partial charge in [0.1, 0.15) is 11.4 Å². The number of carbonyl (C=O) groups excluding carboxylic acids is 1. The van der Waals surface area contributed by atoms with E-state index in [4.69, 9.17) is 5.11 Å². The summed E-state index contributed by atoms with van der Waals surface area (Å²) in [5.41, 5.74) is -2.11. The van der Waals surface area contributed by atoms with E-state index in [9.17, 15) is 18.0 Å². The van der Waals surface area contributed by atoms with Crippen LogP contribution >= 0.6 is 0 Å². The lowest BCUT2D eigenvalue weighted by Gasteiger charge is -2.11. The van der Waals surface area contributed by atoms with Crippen molar-refractivity contribution in [2.75, 3.05) is 7.11 Å². The zero-order chi connectivity index (χ0) is 12.5. The van der Waals surface area contributed by atoms with Gasteiger partial charge in [-0.3, -0.25) is 0 Å². The van der Waals surface area contributed by atoms with Crippen LogP contribution in [0.4, 0.5) is 13.2 Å². The number of esters is 1. The van der Waals surface area contributed by atoms with Crippen LogP contribution in [0.1, 0.15) is 21.5 Å². The summed E-state index contributed by atoms with van der Waals surface area (Å²) in [6.07, 6.45) is 0. The van der Waals surface area contributed by atoms with Crippen molar-refractivity contribution in [3.8, 4) is 0 Å². The van der Waals surface area contributed by atoms with Gasteiger partial charge in [0.25, 0.3) is 0 Å². The molecule has 0 amide bonds. The number of methoxy groups -OCH3 is 1. The highest BCUT2D eigenvalue weighted by molar-refractivity contribution is 5.91. The van der Waals surface area contributed by atoms with E-state index in [1.807, 2.05) is 0 Å². The van der Waals surface area contributed by atoms with E-state index < -0.39 is 46.7 Å². The highest BCUT2D eigenvalue weighted by atomic mass is 19.2. The zero-order valence-corrected chi connectivity index (χ0v) is 8.60. The maximum atomic E-state index is 13.4. The fourth-order valence-corrected chi connectivity index (χ4v) is 1.30. The maximum absolute atomic E-state index is 13.4. The predicted molar refractivity (Wildman–Crippen MR) is 48.3 cm³/mol. The molecule has 1 aromatic rings. The summed E-state index contributed by atoms with van der Waals surface area (Å²) >= 11 is 0. The number of aliphatic hydroxyl groups excluding tert-OH is 1. The number of ether oxygens (including phenoxy) is 1. The second-order valence-corrected chi connectivity index (χ2v) is 3.07. The SMILES string of the molecule is COC(=O)c1c(F)c(F)c(C)c(F)c1CO. The second kappa shape index (κ2) is 4.52. The van der Waals surface area contributed by atoms with E-state index in [1.165, 1.54) is 0 Å². The van der Waals surface area contributed by atoms with Gasteiger partial charge in [-0.1, -0.05) is 0 Å². The molecule has 0 heterocycles. The molecule has 0 radical (unpaired) electrons. The minimum absolute atomic E-state index is 0.589. The van der Waals surface area contributed by atoms with Gasteiger partial charge in [0.05, 0.1) is 13.7 Å². The van der Waals surface area contributed by atoms with Gasteiger partial charge in [-0.15, -0.1) is 0 Å². The lowest BCUT2D eigenvalue weighted by Crippen LogP contribution is -2.14. The molecule has 88 valence electrons. The van der Waals surface area contributed by atoms with E-state index in [-0.39, 0.29) is 0 Å². The Morgan fingerprint density at radius 1 is 1.25 bits per heavy atom. The molecule has 0 saturated carbocycles. The van der Waals surface area contributed by atoms with Crippen LogP contribution in [0.5, 0.6) is 0 Å². The zero-order valence-electron chi connectivity index (χ0n) is 8.60. The van der Waals surface area contributed by atoms with Crippen molar-refractivity contribution in [2.45, 2.75) is 13.5 Å². The Labute approximate surface area is 89.5 Å². The van der Waals surface area contributed by atoms with Gasteiger partial charge in [0.2, 0.25) is 0 Å². The third kappa shape index (κ3) is 1.76. The molecule has 1 aromatic carbocycles. The van der Waals surface area contributed by atoms with Crippen molar-refractivity contribution in [1.82, 2.24) is 0 Å². The normalized spacial score (nSPS) is 10.4. The number of carbonyl (C=O) groups is 1. The lowest BCUT2D eigenvalue weighted by molar-refractivity contribution is 0.0589. The summed E-state index contributed by atoms with van der Waals surface area (Å²) in [5, 5.41) is 8.85. The van der Waals surface area contributed by atoms with Crippen LogP contribution in [-0.2, 0) is 11.3 Å². The molecule has 0 atom stereocenters. The molecule has 0 saturated heterocycles. The van der Waals surface area contributed by atoms with E-state index >= 15 is 0 Å². The summed E-state index contributed by atoms with van der Waals surface area (Å²) in [4.78, 5) is 11.1. The van der Waals surface area contributed by atoms with Crippen LogP contribution in [-0.4, -0.2) is 18.2 Å². The predicted octanol–water partition coefficient (Wildman–Crippen LogP) is 1.69. The first-order valence-corrected chi connectivity index (χ1v) is 4.30. The van der Waals surface area contributed by atoms with E-state index in [0.29, 0.717) is 0 Å². The Balaban J connectivity index is 3.64. The molecule has 0 unspecified atom stereocenters. The summed E-state index contributed by atoms with van der Waals surface area (Å²) in [5.74, 6) is -5.37. The molecule has 0 fully saturated rings. The third-order valence-electron chi connectivity index (χ3n) is 2.19. The van der Waals surface area contributed by atoms with Crippen LogP contribution < -0.4 is 0 Å². The van der Waals surface area contributed by atoms with Crippen molar-refractivity contribution in [3.63, 3.8) is 0 Å². The molecule has 1 N–H and O–H groups in total. The minimum atomic E-state index is -1.52. The van der Waals surface area contributed by atoms with Gasteiger partial charge in [0, 0.05) is 11.1 Å². The van der Waals surface area contributed by atoms with Crippen LogP contribution in [0, 0.1) is 24.4 Å². The van der Waals surface area contributed by atoms with Gasteiger partial charge in [-0.2, -0.15) is 0 Å². The number of rotatable bonds is 2. The largest absolute Gasteiger partial charge is 0.465 e. The average molecular weight is 234 g/mol. The number of halogens is 3. The molecule has 3 nitrogen and oxygen atoms in total. The Bertz CT molecular complexity index is 444. The summed E-state index contributed by atoms with van der Waals surface area (Å²) in [6, 6.07) is 0. The number of aliphatic hydroxyl groups is 1. The first-order chi connectivity index (χ1) is 7.45. The standard InChI is InChI=1S/C10H9F3O3/c1-4-7(11)5(3-14)6(10(15)16-2)9(13)8(4)12/h14H,3H2,1-2H3. The monoisotopic (exact) mass is 234 g/mol. The summed E-state index contributed by atoms with van der Waals surface area (Å²) in [6.45, 7) is 0.0856. The maximum Gasteiger partial charge on any atom is 0.341 e. The first kappa shape index (κ1) is 12.5. The quantitative estimate of drug-likeness (QED) is 0.625. The van der Waals surface area contributed by atoms with Crippen LogP contribution in [0.2, 0.25) is 0 Å². The third-order valence-corrected chi connectivity index (χ3v) is 2.19. The Hall–Kier alpha value is -1.56. The van der Waals surface area contributed by atoms with Gasteiger partial charge in [-0.25, -0.2) is 18.0 Å². The lowest BCUT2D eigenvalue weighted by atomic mass is 10.0. The van der Waals surface area contributed by atoms with Crippen molar-refractivity contribution >= 4 is 5.97 Å². The number of hydrogen-bond acceptors (Lipinski definition) is 3. The highest BCUT2D eigenvalue weighted by Crippen LogP contribution is 2.25. The molecule has 0 aliphatic carbocycles. The van der Waals surface area contributed by atoms with E-state index in [2.05, 4.69) is 4.74 Å². The molecule has 1 rings (SSSR count). The van der Waals surface area contributed by atoms with Gasteiger partial charge in [-0.05, 0) is 6.92 Å². The molecule has 0 bridgehead atoms. The Morgan fingerprint density at radius 3 is 2.25 bits per heavy atom. The van der Waals surface area contributed by atoms with Crippen LogP contribution in [0.25, 0.3) is 0 Å². The van der Waals surface area contributed by atoms with Gasteiger partial charge >= 0.3 is 5.97 Å². The molecule has 0 aromatic heterocycles.